The Kier molecular flexibility index (Phi) is 12.8. The molecule has 1 aliphatic heterocycles. The third-order valence-corrected chi connectivity index (χ3v) is 10.7. The Morgan fingerprint density at radius 3 is 2.19 bits per heavy atom. The zero-order valence-electron chi connectivity index (χ0n) is 29.5. The van der Waals surface area contributed by atoms with Gasteiger partial charge in [0.1, 0.15) is 11.0 Å². The molecule has 3 aliphatic rings. The minimum atomic E-state index is -1.06. The summed E-state index contributed by atoms with van der Waals surface area (Å²) < 4.78 is 10.7. The molecule has 0 spiro atoms. The van der Waals surface area contributed by atoms with Crippen molar-refractivity contribution in [3.8, 4) is 11.8 Å². The topological polar surface area (TPSA) is 117 Å². The quantitative estimate of drug-likeness (QED) is 0.168. The molecular formula is C36H52IN3O7S. The van der Waals surface area contributed by atoms with E-state index in [-0.39, 0.29) is 34.2 Å². The maximum absolute atomic E-state index is 14.3. The summed E-state index contributed by atoms with van der Waals surface area (Å²) in [5.74, 6) is 5.73. The summed E-state index contributed by atoms with van der Waals surface area (Å²) in [6.45, 7) is 12.7. The van der Waals surface area contributed by atoms with Crippen LogP contribution in [-0.2, 0) is 14.3 Å². The first kappa shape index (κ1) is 38.3. The van der Waals surface area contributed by atoms with E-state index in [4.69, 9.17) is 9.47 Å². The van der Waals surface area contributed by atoms with Crippen molar-refractivity contribution in [3.63, 3.8) is 0 Å². The molecule has 1 saturated heterocycles. The summed E-state index contributed by atoms with van der Waals surface area (Å²) in [5, 5.41) is 10.2. The Balaban J connectivity index is 1.46. The van der Waals surface area contributed by atoms with Crippen molar-refractivity contribution >= 4 is 63.7 Å². The number of aromatic carboxylic acids is 1. The Morgan fingerprint density at radius 2 is 1.60 bits per heavy atom. The normalized spacial score (nSPS) is 24.9. The summed E-state index contributed by atoms with van der Waals surface area (Å²) in [6.07, 6.45) is 6.28. The summed E-state index contributed by atoms with van der Waals surface area (Å²) >= 11 is 3.19. The lowest BCUT2D eigenvalue weighted by molar-refractivity contribution is -0.124. The molecule has 0 unspecified atom stereocenters. The van der Waals surface area contributed by atoms with Gasteiger partial charge in [-0.1, -0.05) is 18.8 Å². The van der Waals surface area contributed by atoms with E-state index in [1.165, 1.54) is 0 Å². The van der Waals surface area contributed by atoms with E-state index in [2.05, 4.69) is 41.4 Å². The predicted octanol–water partition coefficient (Wildman–Crippen LogP) is 8.15. The molecule has 1 aromatic rings. The number of hydrogen-bond donors (Lipinski definition) is 1. The number of alkyl halides is 1. The highest BCUT2D eigenvalue weighted by atomic mass is 127. The Labute approximate surface area is 303 Å². The number of rotatable bonds is 7. The van der Waals surface area contributed by atoms with Crippen LogP contribution in [0.4, 0.5) is 15.3 Å². The van der Waals surface area contributed by atoms with Crippen molar-refractivity contribution in [3.05, 3.63) is 15.8 Å². The van der Waals surface area contributed by atoms with Crippen LogP contribution in [0, 0.1) is 29.1 Å². The van der Waals surface area contributed by atoms with Gasteiger partial charge in [-0.3, -0.25) is 4.79 Å². The van der Waals surface area contributed by atoms with Crippen LogP contribution in [-0.4, -0.2) is 80.9 Å². The maximum Gasteiger partial charge on any atom is 0.411 e. The molecule has 2 saturated carbocycles. The van der Waals surface area contributed by atoms with Crippen LogP contribution in [0.25, 0.3) is 0 Å². The van der Waals surface area contributed by atoms with Gasteiger partial charge in [0.25, 0.3) is 0 Å². The van der Waals surface area contributed by atoms with Crippen LogP contribution in [0.15, 0.2) is 6.07 Å². The molecule has 1 atom stereocenters. The number of likely N-dealkylation sites (tertiary alicyclic amines) is 1. The molecule has 2 aliphatic carbocycles. The van der Waals surface area contributed by atoms with Crippen LogP contribution in [0.2, 0.25) is 0 Å². The molecule has 1 N–H and O–H groups in total. The van der Waals surface area contributed by atoms with Crippen molar-refractivity contribution in [2.45, 2.75) is 128 Å². The van der Waals surface area contributed by atoms with Crippen LogP contribution in [0.5, 0.6) is 0 Å². The van der Waals surface area contributed by atoms with Gasteiger partial charge in [-0.05, 0) is 133 Å². The Bertz CT molecular complexity index is 1390. The number of ether oxygens (including phenoxy) is 2. The van der Waals surface area contributed by atoms with E-state index in [0.29, 0.717) is 61.7 Å². The molecule has 3 fully saturated rings. The second-order valence-corrected chi connectivity index (χ2v) is 18.8. The van der Waals surface area contributed by atoms with Gasteiger partial charge in [-0.2, -0.15) is 0 Å². The fourth-order valence-corrected chi connectivity index (χ4v) is 7.80. The second-order valence-electron chi connectivity index (χ2n) is 15.2. The number of carboxylic acids is 1. The highest BCUT2D eigenvalue weighted by Crippen LogP contribution is 2.39. The van der Waals surface area contributed by atoms with Gasteiger partial charge in [0.05, 0.1) is 17.1 Å². The van der Waals surface area contributed by atoms with Gasteiger partial charge in [-0.15, -0.1) is 11.3 Å². The van der Waals surface area contributed by atoms with E-state index >= 15 is 0 Å². The van der Waals surface area contributed by atoms with E-state index in [1.54, 1.807) is 27.8 Å². The lowest BCUT2D eigenvalue weighted by Crippen LogP contribution is -2.50. The van der Waals surface area contributed by atoms with E-state index in [9.17, 15) is 24.3 Å². The molecule has 12 heteroatoms. The first-order valence-electron chi connectivity index (χ1n) is 17.3. The van der Waals surface area contributed by atoms with E-state index < -0.39 is 27.9 Å². The number of carboxylic acid groups (broad SMARTS) is 1. The fraction of sp³-hybridized carbons (Fsp3) is 0.722. The van der Waals surface area contributed by atoms with Gasteiger partial charge in [0.15, 0.2) is 3.61 Å². The summed E-state index contributed by atoms with van der Waals surface area (Å²) in [5.41, 5.74) is 0.193. The third kappa shape index (κ3) is 10.5. The number of hydrogen-bond acceptors (Lipinski definition) is 7. The first-order valence-corrected chi connectivity index (χ1v) is 19.1. The van der Waals surface area contributed by atoms with E-state index in [0.717, 1.165) is 43.4 Å². The standard InChI is InChI=1S/C36H52IN3O7S/c1-23-10-12-24(13-11-23)31(41)40(29-21-28(18-19-35(2,3)4)48-30(29)32(42)43)26-16-14-25(15-17-26)38(7)33(44)46-27-9-8-20-39(22-27)34(45)47-36(5,6)37/h21,23-27H,8-17,20,22H2,1-7H3,(H,42,43)/t23-,24-,25?,26?,27-/m1/s1. The van der Waals surface area contributed by atoms with Crippen molar-refractivity contribution in [1.29, 1.82) is 0 Å². The molecule has 48 heavy (non-hydrogen) atoms. The molecule has 0 aromatic carbocycles. The van der Waals surface area contributed by atoms with Gasteiger partial charge < -0.3 is 29.3 Å². The van der Waals surface area contributed by atoms with Crippen LogP contribution in [0.3, 0.4) is 0 Å². The van der Waals surface area contributed by atoms with Gasteiger partial charge >= 0.3 is 18.2 Å². The Hall–Kier alpha value is -2.53. The highest BCUT2D eigenvalue weighted by Gasteiger charge is 2.39. The van der Waals surface area contributed by atoms with Gasteiger partial charge in [0, 0.05) is 37.0 Å². The van der Waals surface area contributed by atoms with Crippen molar-refractivity contribution in [2.75, 3.05) is 25.0 Å². The number of amides is 3. The van der Waals surface area contributed by atoms with Crippen molar-refractivity contribution < 1.29 is 33.8 Å². The molecule has 0 radical (unpaired) electrons. The molecule has 2 heterocycles. The summed E-state index contributed by atoms with van der Waals surface area (Å²) in [7, 11) is 1.74. The molecule has 10 nitrogen and oxygen atoms in total. The predicted molar refractivity (Wildman–Crippen MR) is 196 cm³/mol. The third-order valence-electron chi connectivity index (χ3n) is 9.43. The van der Waals surface area contributed by atoms with Crippen LogP contribution in [0.1, 0.15) is 120 Å². The summed E-state index contributed by atoms with van der Waals surface area (Å²) in [6, 6.07) is 1.52. The number of nitrogens with zero attached hydrogens (tertiary/aromatic N) is 3. The average molecular weight is 798 g/mol. The lowest BCUT2D eigenvalue weighted by atomic mass is 9.81. The first-order chi connectivity index (χ1) is 22.4. The SMILES string of the molecule is CN(C(=O)O[C@@H]1CCCN(C(=O)OC(C)(C)I)C1)C1CCC(N(c2cc(C#CC(C)(C)C)sc2C(=O)O)C(=O)[C@H]2CC[C@H](C)CC2)CC1. The van der Waals surface area contributed by atoms with Crippen LogP contribution < -0.4 is 4.90 Å². The summed E-state index contributed by atoms with van der Waals surface area (Å²) in [4.78, 5) is 58.4. The van der Waals surface area contributed by atoms with Crippen molar-refractivity contribution in [2.24, 2.45) is 17.3 Å². The average Bonchev–Trinajstić information content (AvgIpc) is 3.43. The van der Waals surface area contributed by atoms with E-state index in [1.807, 2.05) is 34.6 Å². The monoisotopic (exact) mass is 797 g/mol. The molecule has 0 bridgehead atoms. The fourth-order valence-electron chi connectivity index (χ4n) is 6.77. The maximum atomic E-state index is 14.3. The smallest absolute Gasteiger partial charge is 0.411 e. The molecule has 4 rings (SSSR count). The molecule has 1 aromatic heterocycles. The molecule has 3 amide bonds. The number of anilines is 1. The number of piperidine rings is 1. The van der Waals surface area contributed by atoms with Crippen LogP contribution >= 0.6 is 33.9 Å². The number of carbonyl (C=O) groups excluding carboxylic acids is 3. The minimum Gasteiger partial charge on any atom is -0.477 e. The van der Waals surface area contributed by atoms with Gasteiger partial charge in [-0.25, -0.2) is 14.4 Å². The minimum absolute atomic E-state index is 0.0000728. The second kappa shape index (κ2) is 16.0. The molecule has 266 valence electrons. The number of halogens is 1. The highest BCUT2D eigenvalue weighted by molar-refractivity contribution is 14.1. The number of thiophene rings is 1. The largest absolute Gasteiger partial charge is 0.477 e. The lowest BCUT2D eigenvalue weighted by Gasteiger charge is -2.41. The zero-order valence-corrected chi connectivity index (χ0v) is 32.4. The Morgan fingerprint density at radius 1 is 0.979 bits per heavy atom. The molecular weight excluding hydrogens is 745 g/mol. The zero-order chi connectivity index (χ0) is 35.4. The number of carbonyl (C=O) groups is 4. The van der Waals surface area contributed by atoms with Crippen molar-refractivity contribution in [1.82, 2.24) is 9.80 Å². The van der Waals surface area contributed by atoms with Gasteiger partial charge in [0.2, 0.25) is 5.91 Å².